The Kier molecular flexibility index (Phi) is 18.0. The van der Waals surface area contributed by atoms with Crippen LogP contribution in [0.25, 0.3) is 16.1 Å². The molecule has 18 heteroatoms. The third-order valence-corrected chi connectivity index (χ3v) is 11.7. The average molecular weight is 889 g/mol. The molecule has 2 atom stereocenters. The molecule has 3 aliphatic heterocycles. The topological polar surface area (TPSA) is 182 Å². The van der Waals surface area contributed by atoms with Crippen LogP contribution in [0.15, 0.2) is 41.5 Å². The van der Waals surface area contributed by atoms with Crippen LogP contribution < -0.4 is 14.5 Å². The SMILES string of the molecule is COC(=O)C[C@H](CN1CC[C@@H](COc2ccc3c(n2)N(C(=O)OC(C)(C)C)CCC3)C1)c1cc(N2CCN(CCOCCOCCOCCN=[N+]=[N-])CC2)cc(-n2nc(C)cc2C)c1. The maximum absolute atomic E-state index is 13.0. The van der Waals surface area contributed by atoms with Crippen LogP contribution in [0, 0.1) is 19.8 Å². The molecule has 0 N–H and O–H groups in total. The molecule has 1 amide bonds. The molecule has 5 heterocycles. The summed E-state index contributed by atoms with van der Waals surface area (Å²) in [4.78, 5) is 42.5. The fourth-order valence-corrected chi connectivity index (χ4v) is 8.46. The summed E-state index contributed by atoms with van der Waals surface area (Å²) >= 11 is 0. The Morgan fingerprint density at radius 1 is 0.906 bits per heavy atom. The van der Waals surface area contributed by atoms with Gasteiger partial charge in [-0.15, -0.1) is 0 Å². The molecule has 3 aliphatic rings. The number of azide groups is 1. The fraction of sp³-hybridized carbons (Fsp3) is 0.652. The molecule has 350 valence electrons. The van der Waals surface area contributed by atoms with E-state index in [4.69, 9.17) is 44.0 Å². The number of hydrogen-bond acceptors (Lipinski definition) is 14. The standard InChI is InChI=1S/C46H68N10O8/c1-34-26-35(2)56(50-34)41-28-38(27-40(30-41)54-17-15-52(16-18-54)19-21-61-23-25-62-24-22-60-20-12-48-51-47)39(29-43(57)59-6)32-53-14-11-36(31-53)33-63-42-10-9-37-8-7-13-55(44(37)49-42)45(58)64-46(3,4)5/h9-10,26-28,30,36,39H,7-8,11-25,29,31-33H2,1-6H3/t36-,39-/m1/s1. The van der Waals surface area contributed by atoms with Gasteiger partial charge in [0.15, 0.2) is 0 Å². The molecule has 0 unspecified atom stereocenters. The normalized spacial score (nSPS) is 17.5. The zero-order valence-corrected chi connectivity index (χ0v) is 38.7. The summed E-state index contributed by atoms with van der Waals surface area (Å²) in [7, 11) is 1.45. The van der Waals surface area contributed by atoms with E-state index in [2.05, 4.69) is 55.9 Å². The molecular formula is C46H68N10O8. The Morgan fingerprint density at radius 2 is 1.64 bits per heavy atom. The van der Waals surface area contributed by atoms with Gasteiger partial charge in [0, 0.05) is 93.1 Å². The zero-order valence-electron chi connectivity index (χ0n) is 38.7. The average Bonchev–Trinajstić information content (AvgIpc) is 3.88. The summed E-state index contributed by atoms with van der Waals surface area (Å²) in [6.07, 6.45) is 2.53. The zero-order chi connectivity index (χ0) is 45.5. The lowest BCUT2D eigenvalue weighted by atomic mass is 9.93. The van der Waals surface area contributed by atoms with E-state index in [0.29, 0.717) is 77.6 Å². The molecular weight excluding hydrogens is 821 g/mol. The van der Waals surface area contributed by atoms with Crippen molar-refractivity contribution in [3.05, 3.63) is 69.4 Å². The van der Waals surface area contributed by atoms with E-state index < -0.39 is 11.7 Å². The third-order valence-electron chi connectivity index (χ3n) is 11.7. The summed E-state index contributed by atoms with van der Waals surface area (Å²) < 4.78 is 36.0. The smallest absolute Gasteiger partial charge is 0.416 e. The number of methoxy groups -OCH3 is 1. The highest BCUT2D eigenvalue weighted by Gasteiger charge is 2.31. The number of rotatable bonds is 22. The molecule has 6 rings (SSSR count). The Labute approximate surface area is 377 Å². The molecule has 2 fully saturated rings. The molecule has 3 aromatic rings. The van der Waals surface area contributed by atoms with Crippen molar-refractivity contribution in [2.75, 3.05) is 129 Å². The monoisotopic (exact) mass is 889 g/mol. The van der Waals surface area contributed by atoms with E-state index in [9.17, 15) is 9.59 Å². The second-order valence-corrected chi connectivity index (χ2v) is 17.8. The van der Waals surface area contributed by atoms with Crippen molar-refractivity contribution in [2.24, 2.45) is 11.0 Å². The molecule has 18 nitrogen and oxygen atoms in total. The van der Waals surface area contributed by atoms with Gasteiger partial charge in [0.25, 0.3) is 0 Å². The molecule has 2 saturated heterocycles. The Hall–Kier alpha value is -4.97. The van der Waals surface area contributed by atoms with E-state index in [0.717, 1.165) is 99.0 Å². The van der Waals surface area contributed by atoms with E-state index in [1.165, 1.54) is 7.11 Å². The minimum Gasteiger partial charge on any atom is -0.477 e. The van der Waals surface area contributed by atoms with Gasteiger partial charge in [-0.3, -0.25) is 14.6 Å². The number of esters is 1. The summed E-state index contributed by atoms with van der Waals surface area (Å²) in [6, 6.07) is 12.6. The lowest BCUT2D eigenvalue weighted by molar-refractivity contribution is -0.141. The summed E-state index contributed by atoms with van der Waals surface area (Å²) in [5.41, 5.74) is 13.9. The van der Waals surface area contributed by atoms with Crippen LogP contribution in [0.1, 0.15) is 68.5 Å². The van der Waals surface area contributed by atoms with E-state index in [1.54, 1.807) is 4.90 Å². The Balaban J connectivity index is 1.05. The van der Waals surface area contributed by atoms with Gasteiger partial charge in [0.1, 0.15) is 11.4 Å². The molecule has 0 aliphatic carbocycles. The van der Waals surface area contributed by atoms with Crippen molar-refractivity contribution in [3.8, 4) is 11.6 Å². The van der Waals surface area contributed by atoms with Crippen molar-refractivity contribution >= 4 is 23.6 Å². The number of pyridine rings is 1. The van der Waals surface area contributed by atoms with Gasteiger partial charge in [0.05, 0.1) is 71.2 Å². The second kappa shape index (κ2) is 23.8. The number of likely N-dealkylation sites (tertiary alicyclic amines) is 1. The van der Waals surface area contributed by atoms with Crippen LogP contribution in [0.3, 0.4) is 0 Å². The molecule has 0 radical (unpaired) electrons. The van der Waals surface area contributed by atoms with Crippen LogP contribution >= 0.6 is 0 Å². The van der Waals surface area contributed by atoms with Crippen LogP contribution in [0.4, 0.5) is 16.3 Å². The van der Waals surface area contributed by atoms with Gasteiger partial charge >= 0.3 is 12.1 Å². The highest BCUT2D eigenvalue weighted by molar-refractivity contribution is 5.88. The lowest BCUT2D eigenvalue weighted by Gasteiger charge is -2.36. The largest absolute Gasteiger partial charge is 0.477 e. The Bertz CT molecular complexity index is 2030. The van der Waals surface area contributed by atoms with E-state index in [1.807, 2.05) is 44.5 Å². The highest BCUT2D eigenvalue weighted by Crippen LogP contribution is 2.33. The molecule has 0 bridgehead atoms. The number of anilines is 2. The number of aromatic nitrogens is 3. The second-order valence-electron chi connectivity index (χ2n) is 17.8. The Morgan fingerprint density at radius 3 is 2.34 bits per heavy atom. The van der Waals surface area contributed by atoms with E-state index in [-0.39, 0.29) is 24.2 Å². The molecule has 64 heavy (non-hydrogen) atoms. The number of carbonyl (C=O) groups excluding carboxylic acids is 2. The van der Waals surface area contributed by atoms with Crippen molar-refractivity contribution in [1.29, 1.82) is 0 Å². The van der Waals surface area contributed by atoms with Crippen LogP contribution in [-0.2, 0) is 34.9 Å². The minimum atomic E-state index is -0.601. The number of hydrogen-bond donors (Lipinski definition) is 0. The van der Waals surface area contributed by atoms with E-state index >= 15 is 0 Å². The van der Waals surface area contributed by atoms with Crippen molar-refractivity contribution in [2.45, 2.75) is 71.8 Å². The number of aryl methyl sites for hydroxylation is 3. The van der Waals surface area contributed by atoms with Crippen LogP contribution in [0.5, 0.6) is 5.88 Å². The van der Waals surface area contributed by atoms with Gasteiger partial charge < -0.3 is 38.2 Å². The first-order chi connectivity index (χ1) is 30.9. The van der Waals surface area contributed by atoms with Gasteiger partial charge in [-0.2, -0.15) is 10.1 Å². The molecule has 1 aromatic carbocycles. The third kappa shape index (κ3) is 14.5. The number of carbonyl (C=O) groups is 2. The molecule has 0 spiro atoms. The van der Waals surface area contributed by atoms with Gasteiger partial charge in [0.2, 0.25) is 5.88 Å². The predicted octanol–water partition coefficient (Wildman–Crippen LogP) is 6.10. The highest BCUT2D eigenvalue weighted by atomic mass is 16.6. The lowest BCUT2D eigenvalue weighted by Crippen LogP contribution is -2.47. The molecule has 2 aromatic heterocycles. The van der Waals surface area contributed by atoms with Gasteiger partial charge in [-0.05, 0) is 107 Å². The van der Waals surface area contributed by atoms with Crippen LogP contribution in [0.2, 0.25) is 0 Å². The molecule has 0 saturated carbocycles. The number of benzene rings is 1. The number of piperazine rings is 1. The number of nitrogens with zero attached hydrogens (tertiary/aromatic N) is 10. The first-order valence-corrected chi connectivity index (χ1v) is 22.7. The number of fused-ring (bicyclic) bond motifs is 1. The van der Waals surface area contributed by atoms with Crippen molar-refractivity contribution in [1.82, 2.24) is 24.6 Å². The van der Waals surface area contributed by atoms with Crippen molar-refractivity contribution in [3.63, 3.8) is 0 Å². The summed E-state index contributed by atoms with van der Waals surface area (Å²) in [5.74, 6) is 1.04. The van der Waals surface area contributed by atoms with Gasteiger partial charge in [-0.1, -0.05) is 5.11 Å². The first kappa shape index (κ1) is 48.5. The number of ether oxygens (including phenoxy) is 6. The first-order valence-electron chi connectivity index (χ1n) is 22.7. The maximum atomic E-state index is 13.0. The quantitative estimate of drug-likeness (QED) is 0.0371. The minimum absolute atomic E-state index is 0.108. The summed E-state index contributed by atoms with van der Waals surface area (Å²) in [6.45, 7) is 20.8. The summed E-state index contributed by atoms with van der Waals surface area (Å²) in [5, 5.41) is 8.29. The van der Waals surface area contributed by atoms with Crippen molar-refractivity contribution < 1.29 is 38.0 Å². The number of amides is 1. The fourth-order valence-electron chi connectivity index (χ4n) is 8.46. The van der Waals surface area contributed by atoms with Crippen LogP contribution in [-0.4, -0.2) is 161 Å². The van der Waals surface area contributed by atoms with Gasteiger partial charge in [-0.25, -0.2) is 9.48 Å². The predicted molar refractivity (Wildman–Crippen MR) is 244 cm³/mol. The maximum Gasteiger partial charge on any atom is 0.416 e.